The number of nitrogens with zero attached hydrogens (tertiary/aromatic N) is 4. The van der Waals surface area contributed by atoms with Crippen LogP contribution in [0.15, 0.2) is 30.6 Å². The highest BCUT2D eigenvalue weighted by molar-refractivity contribution is 5.87. The summed E-state index contributed by atoms with van der Waals surface area (Å²) in [4.78, 5) is 16.6. The molecule has 2 aromatic heterocycles. The van der Waals surface area contributed by atoms with E-state index in [0.29, 0.717) is 0 Å². The molecule has 0 radical (unpaired) electrons. The first-order valence-electron chi connectivity index (χ1n) is 7.78. The molecule has 0 aliphatic rings. The number of H-pyrrole nitrogens is 1. The average Bonchev–Trinajstić information content (AvgIpc) is 3.15. The van der Waals surface area contributed by atoms with Crippen LogP contribution in [0.5, 0.6) is 0 Å². The average molecular weight is 312 g/mol. The van der Waals surface area contributed by atoms with Gasteiger partial charge in [0.1, 0.15) is 12.2 Å². The SMILES string of the molecule is CCCn1ncnc1[C@@H](C)NC(=O)Cc1[nH]nc2ccccc12. The zero-order chi connectivity index (χ0) is 16.2. The maximum Gasteiger partial charge on any atom is 0.226 e. The van der Waals surface area contributed by atoms with E-state index in [1.807, 2.05) is 35.9 Å². The molecule has 1 atom stereocenters. The number of aryl methyl sites for hydroxylation is 1. The normalized spacial score (nSPS) is 12.4. The lowest BCUT2D eigenvalue weighted by Gasteiger charge is -2.14. The van der Waals surface area contributed by atoms with Crippen molar-refractivity contribution in [1.29, 1.82) is 0 Å². The molecule has 3 aromatic rings. The van der Waals surface area contributed by atoms with Crippen LogP contribution in [-0.2, 0) is 17.8 Å². The Kier molecular flexibility index (Phi) is 4.36. The van der Waals surface area contributed by atoms with Crippen LogP contribution >= 0.6 is 0 Å². The van der Waals surface area contributed by atoms with E-state index in [4.69, 9.17) is 0 Å². The molecule has 0 unspecified atom stereocenters. The van der Waals surface area contributed by atoms with Gasteiger partial charge in [0.05, 0.1) is 23.7 Å². The number of carbonyl (C=O) groups is 1. The Labute approximate surface area is 134 Å². The zero-order valence-corrected chi connectivity index (χ0v) is 13.3. The summed E-state index contributed by atoms with van der Waals surface area (Å²) < 4.78 is 1.83. The second-order valence-electron chi connectivity index (χ2n) is 5.53. The Bertz CT molecular complexity index is 806. The van der Waals surface area contributed by atoms with Crippen molar-refractivity contribution in [2.45, 2.75) is 39.3 Å². The molecule has 2 N–H and O–H groups in total. The first-order valence-corrected chi connectivity index (χ1v) is 7.78. The van der Waals surface area contributed by atoms with E-state index >= 15 is 0 Å². The fourth-order valence-corrected chi connectivity index (χ4v) is 2.66. The summed E-state index contributed by atoms with van der Waals surface area (Å²) in [5, 5.41) is 15.3. The molecule has 1 aromatic carbocycles. The van der Waals surface area contributed by atoms with Crippen LogP contribution in [0, 0.1) is 0 Å². The number of hydrogen-bond donors (Lipinski definition) is 2. The second-order valence-corrected chi connectivity index (χ2v) is 5.53. The Morgan fingerprint density at radius 2 is 2.22 bits per heavy atom. The topological polar surface area (TPSA) is 88.5 Å². The highest BCUT2D eigenvalue weighted by Gasteiger charge is 2.17. The van der Waals surface area contributed by atoms with Crippen molar-refractivity contribution >= 4 is 16.8 Å². The number of carbonyl (C=O) groups excluding carboxylic acids is 1. The highest BCUT2D eigenvalue weighted by Crippen LogP contribution is 2.16. The fourth-order valence-electron chi connectivity index (χ4n) is 2.66. The molecule has 0 saturated carbocycles. The number of fused-ring (bicyclic) bond motifs is 1. The minimum Gasteiger partial charge on any atom is -0.346 e. The molecule has 0 aliphatic carbocycles. The van der Waals surface area contributed by atoms with Gasteiger partial charge >= 0.3 is 0 Å². The predicted molar refractivity (Wildman–Crippen MR) is 86.7 cm³/mol. The predicted octanol–water partition coefficient (Wildman–Crippen LogP) is 1.98. The number of aromatic nitrogens is 5. The van der Waals surface area contributed by atoms with Crippen molar-refractivity contribution in [2.24, 2.45) is 0 Å². The van der Waals surface area contributed by atoms with Gasteiger partial charge in [0.15, 0.2) is 0 Å². The lowest BCUT2D eigenvalue weighted by atomic mass is 10.1. The van der Waals surface area contributed by atoms with Crippen molar-refractivity contribution in [3.63, 3.8) is 0 Å². The molecule has 0 saturated heterocycles. The van der Waals surface area contributed by atoms with Gasteiger partial charge in [-0.15, -0.1) is 0 Å². The molecule has 0 fully saturated rings. The quantitative estimate of drug-likeness (QED) is 0.728. The summed E-state index contributed by atoms with van der Waals surface area (Å²) in [5.41, 5.74) is 1.69. The van der Waals surface area contributed by atoms with Gasteiger partial charge in [-0.3, -0.25) is 9.89 Å². The summed E-state index contributed by atoms with van der Waals surface area (Å²) in [7, 11) is 0. The molecular formula is C16H20N6O. The Morgan fingerprint density at radius 3 is 3.04 bits per heavy atom. The lowest BCUT2D eigenvalue weighted by molar-refractivity contribution is -0.121. The van der Waals surface area contributed by atoms with Crippen molar-refractivity contribution in [2.75, 3.05) is 0 Å². The standard InChI is InChI=1S/C16H20N6O/c1-3-8-22-16(17-10-18-22)11(2)19-15(23)9-14-12-6-4-5-7-13(12)20-21-14/h4-7,10-11H,3,8-9H2,1-2H3,(H,19,23)(H,20,21)/t11-/m1/s1. The largest absolute Gasteiger partial charge is 0.346 e. The van der Waals surface area contributed by atoms with Crippen LogP contribution in [0.4, 0.5) is 0 Å². The third-order valence-electron chi connectivity index (χ3n) is 3.72. The van der Waals surface area contributed by atoms with E-state index < -0.39 is 0 Å². The molecule has 2 heterocycles. The molecule has 1 amide bonds. The summed E-state index contributed by atoms with van der Waals surface area (Å²) in [5.74, 6) is 0.702. The minimum absolute atomic E-state index is 0.0713. The second kappa shape index (κ2) is 6.60. The van der Waals surface area contributed by atoms with Gasteiger partial charge < -0.3 is 5.32 Å². The molecule has 3 rings (SSSR count). The van der Waals surface area contributed by atoms with Crippen LogP contribution in [0.2, 0.25) is 0 Å². The van der Waals surface area contributed by atoms with Gasteiger partial charge in [0.2, 0.25) is 5.91 Å². The maximum atomic E-state index is 12.3. The molecule has 23 heavy (non-hydrogen) atoms. The van der Waals surface area contributed by atoms with Gasteiger partial charge in [-0.05, 0) is 19.4 Å². The fraction of sp³-hybridized carbons (Fsp3) is 0.375. The minimum atomic E-state index is -0.189. The summed E-state index contributed by atoms with van der Waals surface area (Å²) in [6.45, 7) is 4.79. The maximum absolute atomic E-state index is 12.3. The molecule has 0 aliphatic heterocycles. The van der Waals surface area contributed by atoms with Gasteiger partial charge in [-0.25, -0.2) is 9.67 Å². The number of rotatable bonds is 6. The van der Waals surface area contributed by atoms with Gasteiger partial charge in [0.25, 0.3) is 0 Å². The highest BCUT2D eigenvalue weighted by atomic mass is 16.1. The molecule has 120 valence electrons. The van der Waals surface area contributed by atoms with Crippen molar-refractivity contribution < 1.29 is 4.79 Å². The van der Waals surface area contributed by atoms with E-state index in [-0.39, 0.29) is 18.4 Å². The first kappa shape index (κ1) is 15.2. The van der Waals surface area contributed by atoms with Crippen molar-refractivity contribution in [3.05, 3.63) is 42.1 Å². The molecule has 7 nitrogen and oxygen atoms in total. The smallest absolute Gasteiger partial charge is 0.226 e. The van der Waals surface area contributed by atoms with E-state index in [9.17, 15) is 4.79 Å². The van der Waals surface area contributed by atoms with Crippen molar-refractivity contribution in [1.82, 2.24) is 30.3 Å². The van der Waals surface area contributed by atoms with E-state index in [1.54, 1.807) is 0 Å². The Balaban J connectivity index is 1.68. The monoisotopic (exact) mass is 312 g/mol. The molecule has 0 bridgehead atoms. The van der Waals surface area contributed by atoms with Gasteiger partial charge in [-0.1, -0.05) is 25.1 Å². The molecule has 0 spiro atoms. The van der Waals surface area contributed by atoms with Crippen LogP contribution < -0.4 is 5.32 Å². The van der Waals surface area contributed by atoms with E-state index in [1.165, 1.54) is 6.33 Å². The zero-order valence-electron chi connectivity index (χ0n) is 13.3. The molecular weight excluding hydrogens is 292 g/mol. The number of para-hydroxylation sites is 1. The van der Waals surface area contributed by atoms with E-state index in [2.05, 4.69) is 32.5 Å². The van der Waals surface area contributed by atoms with Crippen LogP contribution in [0.3, 0.4) is 0 Å². The van der Waals surface area contributed by atoms with E-state index in [0.717, 1.165) is 35.4 Å². The summed E-state index contributed by atoms with van der Waals surface area (Å²) in [6.07, 6.45) is 2.75. The first-order chi connectivity index (χ1) is 11.2. The van der Waals surface area contributed by atoms with Gasteiger partial charge in [-0.2, -0.15) is 10.2 Å². The lowest BCUT2D eigenvalue weighted by Crippen LogP contribution is -2.30. The van der Waals surface area contributed by atoms with Gasteiger partial charge in [0, 0.05) is 11.9 Å². The number of aromatic amines is 1. The molecule has 7 heteroatoms. The Hall–Kier alpha value is -2.70. The van der Waals surface area contributed by atoms with Crippen molar-refractivity contribution in [3.8, 4) is 0 Å². The Morgan fingerprint density at radius 1 is 1.39 bits per heavy atom. The number of nitrogens with one attached hydrogen (secondary N) is 2. The van der Waals surface area contributed by atoms with Crippen LogP contribution in [0.25, 0.3) is 10.9 Å². The number of amides is 1. The third kappa shape index (κ3) is 3.23. The van der Waals surface area contributed by atoms with Crippen LogP contribution in [0.1, 0.15) is 37.8 Å². The third-order valence-corrected chi connectivity index (χ3v) is 3.72. The van der Waals surface area contributed by atoms with Crippen LogP contribution in [-0.4, -0.2) is 30.9 Å². The summed E-state index contributed by atoms with van der Waals surface area (Å²) >= 11 is 0. The number of hydrogen-bond acceptors (Lipinski definition) is 4. The summed E-state index contributed by atoms with van der Waals surface area (Å²) in [6, 6.07) is 7.56. The number of benzene rings is 1.